The molecule has 6 atom stereocenters. The Bertz CT molecular complexity index is 744. The Morgan fingerprint density at radius 3 is 2.48 bits per heavy atom. The second-order valence-corrected chi connectivity index (χ2v) is 11.2. The predicted octanol–water partition coefficient (Wildman–Crippen LogP) is 5.78. The lowest BCUT2D eigenvalue weighted by atomic mass is 9.45. The maximum absolute atomic E-state index is 12.8. The van der Waals surface area contributed by atoms with E-state index in [4.69, 9.17) is 0 Å². The molecule has 0 saturated heterocycles. The van der Waals surface area contributed by atoms with Gasteiger partial charge in [-0.3, -0.25) is 0 Å². The first-order valence-corrected chi connectivity index (χ1v) is 11.6. The van der Waals surface area contributed by atoms with Gasteiger partial charge in [0.15, 0.2) is 0 Å². The van der Waals surface area contributed by atoms with Gasteiger partial charge in [-0.25, -0.2) is 0 Å². The first kappa shape index (κ1) is 19.6. The first-order valence-electron chi connectivity index (χ1n) is 10.2. The van der Waals surface area contributed by atoms with Gasteiger partial charge in [-0.15, -0.1) is 0 Å². The van der Waals surface area contributed by atoms with Crippen LogP contribution < -0.4 is 0 Å². The summed E-state index contributed by atoms with van der Waals surface area (Å²) in [7, 11) is -5.60. The normalized spacial score (nSPS) is 44.7. The molecule has 0 radical (unpaired) electrons. The summed E-state index contributed by atoms with van der Waals surface area (Å²) >= 11 is 0. The van der Waals surface area contributed by atoms with Crippen molar-refractivity contribution in [3.8, 4) is 0 Å². The van der Waals surface area contributed by atoms with Gasteiger partial charge < -0.3 is 4.18 Å². The van der Waals surface area contributed by atoms with Crippen molar-refractivity contribution in [2.24, 2.45) is 34.5 Å². The average Bonchev–Trinajstić information content (AvgIpc) is 2.89. The molecule has 27 heavy (non-hydrogen) atoms. The van der Waals surface area contributed by atoms with Crippen molar-refractivity contribution in [1.29, 1.82) is 0 Å². The van der Waals surface area contributed by atoms with Gasteiger partial charge in [-0.2, -0.15) is 21.6 Å². The molecule has 0 N–H and O–H groups in total. The molecule has 7 heteroatoms. The lowest BCUT2D eigenvalue weighted by Crippen LogP contribution is -2.52. The van der Waals surface area contributed by atoms with Crippen molar-refractivity contribution in [3.63, 3.8) is 0 Å². The molecule has 4 rings (SSSR count). The summed E-state index contributed by atoms with van der Waals surface area (Å²) in [6.45, 7) is 4.35. The van der Waals surface area contributed by atoms with Crippen LogP contribution in [-0.4, -0.2) is 13.9 Å². The molecule has 3 saturated carbocycles. The average molecular weight is 407 g/mol. The zero-order valence-corrected chi connectivity index (χ0v) is 16.8. The summed E-state index contributed by atoms with van der Waals surface area (Å²) in [6.07, 6.45) is 11.4. The highest BCUT2D eigenvalue weighted by Crippen LogP contribution is 2.66. The van der Waals surface area contributed by atoms with E-state index in [2.05, 4.69) is 11.1 Å². The first-order chi connectivity index (χ1) is 12.5. The van der Waals surface area contributed by atoms with Crippen LogP contribution in [0.2, 0.25) is 0 Å². The van der Waals surface area contributed by atoms with Crippen LogP contribution in [0.15, 0.2) is 11.8 Å². The molecule has 0 aromatic rings. The highest BCUT2D eigenvalue weighted by Gasteiger charge is 2.60. The van der Waals surface area contributed by atoms with Crippen LogP contribution in [0.4, 0.5) is 13.2 Å². The third-order valence-electron chi connectivity index (χ3n) is 8.58. The van der Waals surface area contributed by atoms with Gasteiger partial charge in [0, 0.05) is 5.41 Å². The topological polar surface area (TPSA) is 43.4 Å². The van der Waals surface area contributed by atoms with Crippen LogP contribution in [0.1, 0.15) is 71.6 Å². The van der Waals surface area contributed by atoms with E-state index in [1.807, 2.05) is 6.92 Å². The third-order valence-corrected chi connectivity index (χ3v) is 9.54. The van der Waals surface area contributed by atoms with E-state index in [1.165, 1.54) is 32.1 Å². The molecule has 0 bridgehead atoms. The number of fused-ring (bicyclic) bond motifs is 5. The molecule has 0 spiro atoms. The zero-order valence-electron chi connectivity index (χ0n) is 16.0. The van der Waals surface area contributed by atoms with Crippen LogP contribution in [0.25, 0.3) is 0 Å². The van der Waals surface area contributed by atoms with Gasteiger partial charge in [-0.05, 0) is 80.1 Å². The molecule has 4 aliphatic carbocycles. The lowest BCUT2D eigenvalue weighted by molar-refractivity contribution is -0.104. The smallest absolute Gasteiger partial charge is 0.380 e. The van der Waals surface area contributed by atoms with E-state index < -0.39 is 21.0 Å². The summed E-state index contributed by atoms with van der Waals surface area (Å²) < 4.78 is 66.2. The number of rotatable bonds is 2. The Morgan fingerprint density at radius 1 is 1.04 bits per heavy atom. The number of hydrogen-bond acceptors (Lipinski definition) is 3. The minimum Gasteiger partial charge on any atom is -0.380 e. The second kappa shape index (κ2) is 6.14. The standard InChI is InChI=1S/C20H29F3O3S/c1-18-11-4-3-5-13(18)6-7-14-15-8-9-17(19(15,2)12-10-16(14)18)26-27(24,25)20(21,22)23/h9,13-16H,3-8,10-12H2,1-2H3/t13-,14+,15+,16?,18+,19+/m1/s1. The Labute approximate surface area is 159 Å². The molecule has 154 valence electrons. The van der Waals surface area contributed by atoms with Gasteiger partial charge in [0.2, 0.25) is 0 Å². The molecule has 3 fully saturated rings. The fourth-order valence-corrected chi connectivity index (χ4v) is 7.71. The van der Waals surface area contributed by atoms with Gasteiger partial charge in [0.05, 0.1) is 0 Å². The van der Waals surface area contributed by atoms with Gasteiger partial charge in [-0.1, -0.05) is 26.7 Å². The van der Waals surface area contributed by atoms with E-state index in [0.717, 1.165) is 18.8 Å². The quantitative estimate of drug-likeness (QED) is 0.431. The van der Waals surface area contributed by atoms with Crippen LogP contribution in [0.5, 0.6) is 0 Å². The minimum absolute atomic E-state index is 0.0270. The number of hydrogen-bond donors (Lipinski definition) is 0. The minimum atomic E-state index is -5.60. The van der Waals surface area contributed by atoms with E-state index in [0.29, 0.717) is 30.1 Å². The maximum Gasteiger partial charge on any atom is 0.534 e. The predicted molar refractivity (Wildman–Crippen MR) is 95.9 cm³/mol. The van der Waals surface area contributed by atoms with Crippen molar-refractivity contribution in [3.05, 3.63) is 11.8 Å². The molecule has 4 aliphatic rings. The summed E-state index contributed by atoms with van der Waals surface area (Å²) in [6, 6.07) is 0. The molecule has 3 nitrogen and oxygen atoms in total. The Morgan fingerprint density at radius 2 is 1.78 bits per heavy atom. The maximum atomic E-state index is 12.8. The van der Waals surface area contributed by atoms with Gasteiger partial charge in [0.25, 0.3) is 0 Å². The number of allylic oxidation sites excluding steroid dienone is 2. The lowest BCUT2D eigenvalue weighted by Gasteiger charge is -2.60. The molecule has 0 aromatic carbocycles. The summed E-state index contributed by atoms with van der Waals surface area (Å²) in [4.78, 5) is 0. The van der Waals surface area contributed by atoms with E-state index in [9.17, 15) is 21.6 Å². The number of alkyl halides is 3. The summed E-state index contributed by atoms with van der Waals surface area (Å²) in [5, 5.41) is 0. The Hall–Kier alpha value is -0.720. The number of halogens is 3. The highest BCUT2D eigenvalue weighted by molar-refractivity contribution is 7.87. The van der Waals surface area contributed by atoms with Gasteiger partial charge >= 0.3 is 15.6 Å². The molecule has 1 unspecified atom stereocenters. The van der Waals surface area contributed by atoms with Crippen molar-refractivity contribution >= 4 is 10.1 Å². The zero-order chi connectivity index (χ0) is 19.7. The van der Waals surface area contributed by atoms with Crippen molar-refractivity contribution < 1.29 is 25.8 Å². The Kier molecular flexibility index (Phi) is 4.45. The van der Waals surface area contributed by atoms with Crippen LogP contribution >= 0.6 is 0 Å². The van der Waals surface area contributed by atoms with E-state index in [-0.39, 0.29) is 11.7 Å². The second-order valence-electron chi connectivity index (χ2n) is 9.65. The molecule has 0 heterocycles. The molecule has 0 aliphatic heterocycles. The van der Waals surface area contributed by atoms with Gasteiger partial charge in [0.1, 0.15) is 5.76 Å². The summed E-state index contributed by atoms with van der Waals surface area (Å²) in [5.74, 6) is 2.04. The van der Waals surface area contributed by atoms with Crippen LogP contribution in [0, 0.1) is 34.5 Å². The van der Waals surface area contributed by atoms with Crippen LogP contribution in [0.3, 0.4) is 0 Å². The SMILES string of the molecule is C[C@]12CCC3[C@@H](CC[C@H]4CCCC[C@]34C)[C@@H]1CC=C2OS(=O)(=O)C(F)(F)F. The van der Waals surface area contributed by atoms with E-state index in [1.54, 1.807) is 6.08 Å². The molecule has 0 amide bonds. The largest absolute Gasteiger partial charge is 0.534 e. The Balaban J connectivity index is 1.58. The van der Waals surface area contributed by atoms with Crippen LogP contribution in [-0.2, 0) is 14.3 Å². The monoisotopic (exact) mass is 406 g/mol. The molecular weight excluding hydrogens is 377 g/mol. The fourth-order valence-electron chi connectivity index (χ4n) is 7.12. The van der Waals surface area contributed by atoms with Crippen molar-refractivity contribution in [1.82, 2.24) is 0 Å². The van der Waals surface area contributed by atoms with E-state index >= 15 is 0 Å². The molecule has 0 aromatic heterocycles. The van der Waals surface area contributed by atoms with Crippen molar-refractivity contribution in [2.75, 3.05) is 0 Å². The fraction of sp³-hybridized carbons (Fsp3) is 0.900. The van der Waals surface area contributed by atoms with Crippen molar-refractivity contribution in [2.45, 2.75) is 77.1 Å². The third kappa shape index (κ3) is 2.85. The summed E-state index contributed by atoms with van der Waals surface area (Å²) in [5.41, 5.74) is -5.64. The highest BCUT2D eigenvalue weighted by atomic mass is 32.2. The molecular formula is C20H29F3O3S.